The van der Waals surface area contributed by atoms with Crippen LogP contribution in [0.15, 0.2) is 54.6 Å². The van der Waals surface area contributed by atoms with Gasteiger partial charge in [0.25, 0.3) is 5.91 Å². The fourth-order valence-corrected chi connectivity index (χ4v) is 2.59. The molecule has 1 unspecified atom stereocenters. The van der Waals surface area contributed by atoms with Crippen LogP contribution in [-0.4, -0.2) is 19.1 Å². The van der Waals surface area contributed by atoms with E-state index in [4.69, 9.17) is 10.5 Å². The summed E-state index contributed by atoms with van der Waals surface area (Å²) in [4.78, 5) is 14.2. The van der Waals surface area contributed by atoms with Crippen molar-refractivity contribution < 1.29 is 9.53 Å². The predicted molar refractivity (Wildman–Crippen MR) is 82.3 cm³/mol. The summed E-state index contributed by atoms with van der Waals surface area (Å²) < 4.78 is 5.54. The van der Waals surface area contributed by atoms with Gasteiger partial charge in [-0.2, -0.15) is 0 Å². The average molecular weight is 282 g/mol. The Balaban J connectivity index is 1.72. The summed E-state index contributed by atoms with van der Waals surface area (Å²) in [6.45, 7) is 0.669. The van der Waals surface area contributed by atoms with E-state index in [0.717, 1.165) is 17.7 Å². The minimum Gasteiger partial charge on any atom is -0.484 e. The highest BCUT2D eigenvalue weighted by Gasteiger charge is 2.26. The Morgan fingerprint density at radius 2 is 1.86 bits per heavy atom. The summed E-state index contributed by atoms with van der Waals surface area (Å²) in [5, 5.41) is 0. The van der Waals surface area contributed by atoms with Crippen molar-refractivity contribution in [3.8, 4) is 5.75 Å². The Hall–Kier alpha value is -2.33. The summed E-state index contributed by atoms with van der Waals surface area (Å²) in [5.74, 6) is 0.658. The van der Waals surface area contributed by atoms with Gasteiger partial charge in [0, 0.05) is 18.3 Å². The van der Waals surface area contributed by atoms with Gasteiger partial charge in [0.1, 0.15) is 5.75 Å². The Morgan fingerprint density at radius 3 is 2.67 bits per heavy atom. The van der Waals surface area contributed by atoms with Crippen LogP contribution in [-0.2, 0) is 4.79 Å². The van der Waals surface area contributed by atoms with Crippen LogP contribution in [0, 0.1) is 0 Å². The predicted octanol–water partition coefficient (Wildman–Crippen LogP) is 2.50. The highest BCUT2D eigenvalue weighted by Crippen LogP contribution is 2.32. The van der Waals surface area contributed by atoms with Crippen LogP contribution in [0.1, 0.15) is 18.0 Å². The molecular weight excluding hydrogens is 264 g/mol. The molecule has 0 radical (unpaired) electrons. The van der Waals surface area contributed by atoms with Gasteiger partial charge in [-0.1, -0.05) is 36.4 Å². The highest BCUT2D eigenvalue weighted by molar-refractivity contribution is 5.95. The van der Waals surface area contributed by atoms with Crippen molar-refractivity contribution in [1.29, 1.82) is 0 Å². The smallest absolute Gasteiger partial charge is 0.264 e. The van der Waals surface area contributed by atoms with Crippen molar-refractivity contribution >= 4 is 11.6 Å². The van der Waals surface area contributed by atoms with E-state index in [1.165, 1.54) is 0 Å². The second kappa shape index (κ2) is 5.97. The molecule has 2 aromatic carbocycles. The molecule has 3 rings (SSSR count). The molecule has 0 fully saturated rings. The van der Waals surface area contributed by atoms with Crippen molar-refractivity contribution in [2.45, 2.75) is 12.5 Å². The standard InChI is InChI=1S/C17H18N2O2/c18-15-10-11-19(16-9-5-4-8-14(15)16)17(20)12-21-13-6-2-1-3-7-13/h1-9,15H,10-12,18H2. The van der Waals surface area contributed by atoms with E-state index in [-0.39, 0.29) is 18.6 Å². The zero-order chi connectivity index (χ0) is 14.7. The van der Waals surface area contributed by atoms with Gasteiger partial charge in [-0.25, -0.2) is 0 Å². The molecule has 0 saturated carbocycles. The van der Waals surface area contributed by atoms with Crippen molar-refractivity contribution in [1.82, 2.24) is 0 Å². The fourth-order valence-electron chi connectivity index (χ4n) is 2.59. The van der Waals surface area contributed by atoms with Gasteiger partial charge in [-0.15, -0.1) is 0 Å². The number of fused-ring (bicyclic) bond motifs is 1. The molecule has 1 heterocycles. The number of amides is 1. The first-order chi connectivity index (χ1) is 10.3. The summed E-state index contributed by atoms with van der Waals surface area (Å²) in [6, 6.07) is 17.2. The van der Waals surface area contributed by atoms with Crippen molar-refractivity contribution in [2.75, 3.05) is 18.1 Å². The molecule has 1 aliphatic rings. The molecule has 0 aromatic heterocycles. The van der Waals surface area contributed by atoms with Crippen LogP contribution in [0.4, 0.5) is 5.69 Å². The zero-order valence-corrected chi connectivity index (χ0v) is 11.7. The molecule has 2 aromatic rings. The Labute approximate surface area is 124 Å². The number of hydrogen-bond acceptors (Lipinski definition) is 3. The van der Waals surface area contributed by atoms with Gasteiger partial charge in [0.05, 0.1) is 0 Å². The van der Waals surface area contributed by atoms with E-state index >= 15 is 0 Å². The van der Waals surface area contributed by atoms with Crippen LogP contribution in [0.3, 0.4) is 0 Å². The maximum atomic E-state index is 12.4. The number of rotatable bonds is 3. The normalized spacial score (nSPS) is 17.2. The first-order valence-electron chi connectivity index (χ1n) is 7.08. The molecule has 108 valence electrons. The quantitative estimate of drug-likeness (QED) is 0.941. The topological polar surface area (TPSA) is 55.6 Å². The molecule has 0 saturated heterocycles. The second-order valence-electron chi connectivity index (χ2n) is 5.10. The number of para-hydroxylation sites is 2. The van der Waals surface area contributed by atoms with Crippen molar-refractivity contribution in [3.63, 3.8) is 0 Å². The van der Waals surface area contributed by atoms with Gasteiger partial charge in [0.15, 0.2) is 6.61 Å². The Bertz CT molecular complexity index is 628. The van der Waals surface area contributed by atoms with Gasteiger partial charge < -0.3 is 15.4 Å². The summed E-state index contributed by atoms with van der Waals surface area (Å²) >= 11 is 0. The van der Waals surface area contributed by atoms with Crippen molar-refractivity contribution in [3.05, 3.63) is 60.2 Å². The second-order valence-corrected chi connectivity index (χ2v) is 5.10. The molecule has 4 nitrogen and oxygen atoms in total. The number of benzene rings is 2. The number of anilines is 1. The lowest BCUT2D eigenvalue weighted by Gasteiger charge is -2.32. The first kappa shape index (κ1) is 13.6. The summed E-state index contributed by atoms with van der Waals surface area (Å²) in [7, 11) is 0. The van der Waals surface area contributed by atoms with E-state index < -0.39 is 0 Å². The molecule has 1 atom stereocenters. The Kier molecular flexibility index (Phi) is 3.88. The lowest BCUT2D eigenvalue weighted by Crippen LogP contribution is -2.40. The van der Waals surface area contributed by atoms with Crippen LogP contribution in [0.2, 0.25) is 0 Å². The lowest BCUT2D eigenvalue weighted by atomic mass is 9.97. The molecule has 1 aliphatic heterocycles. The number of hydrogen-bond donors (Lipinski definition) is 1. The molecular formula is C17H18N2O2. The summed E-state index contributed by atoms with van der Waals surface area (Å²) in [6.07, 6.45) is 0.772. The van der Waals surface area contributed by atoms with E-state index in [1.807, 2.05) is 54.6 Å². The highest BCUT2D eigenvalue weighted by atomic mass is 16.5. The number of nitrogens with two attached hydrogens (primary N) is 1. The number of carbonyl (C=O) groups excluding carboxylic acids is 1. The molecule has 21 heavy (non-hydrogen) atoms. The van der Waals surface area contributed by atoms with Gasteiger partial charge in [0.2, 0.25) is 0 Å². The molecule has 2 N–H and O–H groups in total. The number of nitrogens with zero attached hydrogens (tertiary/aromatic N) is 1. The largest absolute Gasteiger partial charge is 0.484 e. The maximum Gasteiger partial charge on any atom is 0.264 e. The van der Waals surface area contributed by atoms with Crippen LogP contribution in [0.5, 0.6) is 5.75 Å². The molecule has 0 aliphatic carbocycles. The van der Waals surface area contributed by atoms with E-state index in [0.29, 0.717) is 12.3 Å². The lowest BCUT2D eigenvalue weighted by molar-refractivity contribution is -0.120. The van der Waals surface area contributed by atoms with Gasteiger partial charge in [-0.05, 0) is 30.2 Å². The average Bonchev–Trinajstić information content (AvgIpc) is 2.54. The van der Waals surface area contributed by atoms with Crippen LogP contribution < -0.4 is 15.4 Å². The fraction of sp³-hybridized carbons (Fsp3) is 0.235. The van der Waals surface area contributed by atoms with Crippen LogP contribution in [0.25, 0.3) is 0 Å². The van der Waals surface area contributed by atoms with E-state index in [1.54, 1.807) is 4.90 Å². The first-order valence-corrected chi connectivity index (χ1v) is 7.08. The third-order valence-electron chi connectivity index (χ3n) is 3.70. The van der Waals surface area contributed by atoms with Crippen molar-refractivity contribution in [2.24, 2.45) is 5.73 Å². The SMILES string of the molecule is NC1CCN(C(=O)COc2ccccc2)c2ccccc21. The minimum absolute atomic E-state index is 0.000270. The molecule has 4 heteroatoms. The minimum atomic E-state index is -0.0433. The molecule has 0 bridgehead atoms. The monoisotopic (exact) mass is 282 g/mol. The van der Waals surface area contributed by atoms with E-state index in [2.05, 4.69) is 0 Å². The maximum absolute atomic E-state index is 12.4. The molecule has 0 spiro atoms. The number of carbonyl (C=O) groups is 1. The van der Waals surface area contributed by atoms with Crippen LogP contribution >= 0.6 is 0 Å². The van der Waals surface area contributed by atoms with Gasteiger partial charge >= 0.3 is 0 Å². The zero-order valence-electron chi connectivity index (χ0n) is 11.7. The molecule has 1 amide bonds. The third kappa shape index (κ3) is 2.90. The Morgan fingerprint density at radius 1 is 1.14 bits per heavy atom. The van der Waals surface area contributed by atoms with E-state index in [9.17, 15) is 4.79 Å². The summed E-state index contributed by atoms with van der Waals surface area (Å²) in [5.41, 5.74) is 8.03. The van der Waals surface area contributed by atoms with Gasteiger partial charge in [-0.3, -0.25) is 4.79 Å². The third-order valence-corrected chi connectivity index (χ3v) is 3.70. The number of ether oxygens (including phenoxy) is 1.